The average molecular weight is 237 g/mol. The molecule has 0 spiro atoms. The normalized spacial score (nSPS) is 18.5. The molecule has 1 heterocycles. The summed E-state index contributed by atoms with van der Waals surface area (Å²) in [5.41, 5.74) is 8.53. The number of thioether (sulfide) groups is 1. The van der Waals surface area contributed by atoms with Crippen LogP contribution in [0.4, 0.5) is 5.69 Å². The maximum atomic E-state index is 10.7. The standard InChI is InChI=1S/C9H11N5OS/c10-8(15)6-16-9-11-12-13-14(9)7-4-2-1-3-5-7/h1-5,9H,6H2,(H2,10,15)(H,11,13). The van der Waals surface area contributed by atoms with Crippen molar-refractivity contribution in [3.8, 4) is 0 Å². The average Bonchev–Trinajstić information content (AvgIpc) is 2.75. The molecule has 1 unspecified atom stereocenters. The molecule has 0 radical (unpaired) electrons. The Balaban J connectivity index is 2.03. The van der Waals surface area contributed by atoms with Crippen molar-refractivity contribution >= 4 is 23.4 Å². The van der Waals surface area contributed by atoms with Gasteiger partial charge < -0.3 is 5.73 Å². The van der Waals surface area contributed by atoms with Crippen LogP contribution in [-0.2, 0) is 4.79 Å². The van der Waals surface area contributed by atoms with Gasteiger partial charge in [-0.15, -0.1) is 16.9 Å². The molecule has 1 atom stereocenters. The summed E-state index contributed by atoms with van der Waals surface area (Å²) in [6, 6.07) is 9.64. The van der Waals surface area contributed by atoms with Gasteiger partial charge in [0.25, 0.3) is 0 Å². The van der Waals surface area contributed by atoms with E-state index >= 15 is 0 Å². The summed E-state index contributed by atoms with van der Waals surface area (Å²) in [6.45, 7) is 0. The predicted molar refractivity (Wildman–Crippen MR) is 62.4 cm³/mol. The Kier molecular flexibility index (Phi) is 3.25. The van der Waals surface area contributed by atoms with Crippen LogP contribution in [0.5, 0.6) is 0 Å². The van der Waals surface area contributed by atoms with Gasteiger partial charge in [-0.3, -0.25) is 4.79 Å². The van der Waals surface area contributed by atoms with Crippen LogP contribution in [0, 0.1) is 0 Å². The van der Waals surface area contributed by atoms with E-state index in [0.29, 0.717) is 0 Å². The number of nitrogens with two attached hydrogens (primary N) is 1. The molecule has 0 aliphatic carbocycles. The molecule has 84 valence electrons. The highest BCUT2D eigenvalue weighted by Gasteiger charge is 2.23. The Morgan fingerprint density at radius 1 is 1.50 bits per heavy atom. The van der Waals surface area contributed by atoms with Gasteiger partial charge in [0, 0.05) is 0 Å². The van der Waals surface area contributed by atoms with Crippen LogP contribution in [0.3, 0.4) is 0 Å². The van der Waals surface area contributed by atoms with Crippen molar-refractivity contribution in [3.05, 3.63) is 30.3 Å². The first-order chi connectivity index (χ1) is 7.77. The lowest BCUT2D eigenvalue weighted by Gasteiger charge is -2.21. The van der Waals surface area contributed by atoms with Crippen molar-refractivity contribution in [3.63, 3.8) is 0 Å². The smallest absolute Gasteiger partial charge is 0.227 e. The zero-order chi connectivity index (χ0) is 11.4. The summed E-state index contributed by atoms with van der Waals surface area (Å²) in [4.78, 5) is 10.7. The summed E-state index contributed by atoms with van der Waals surface area (Å²) >= 11 is 1.32. The molecule has 6 nitrogen and oxygen atoms in total. The summed E-state index contributed by atoms with van der Waals surface area (Å²) in [7, 11) is 0. The van der Waals surface area contributed by atoms with Crippen LogP contribution in [0.15, 0.2) is 40.7 Å². The van der Waals surface area contributed by atoms with Gasteiger partial charge in [0.15, 0.2) is 0 Å². The van der Waals surface area contributed by atoms with Crippen LogP contribution < -0.4 is 16.3 Å². The number of para-hydroxylation sites is 1. The number of hydrogen-bond acceptors (Lipinski definition) is 6. The van der Waals surface area contributed by atoms with Gasteiger partial charge in [0.2, 0.25) is 11.4 Å². The monoisotopic (exact) mass is 237 g/mol. The molecule has 16 heavy (non-hydrogen) atoms. The summed E-state index contributed by atoms with van der Waals surface area (Å²) in [6.07, 6.45) is 0. The number of amides is 1. The summed E-state index contributed by atoms with van der Waals surface area (Å²) in [5.74, 6) is -0.144. The Morgan fingerprint density at radius 3 is 2.94 bits per heavy atom. The molecule has 3 N–H and O–H groups in total. The maximum Gasteiger partial charge on any atom is 0.227 e. The van der Waals surface area contributed by atoms with Gasteiger partial charge in [-0.2, -0.15) is 5.53 Å². The predicted octanol–water partition coefficient (Wildman–Crippen LogP) is 0.880. The minimum atomic E-state index is -0.361. The number of hydrazine groups is 1. The summed E-state index contributed by atoms with van der Waals surface area (Å²) < 4.78 is 0. The van der Waals surface area contributed by atoms with Crippen molar-refractivity contribution in [1.82, 2.24) is 5.53 Å². The minimum absolute atomic E-state index is 0.217. The molecule has 1 amide bonds. The second-order valence-corrected chi connectivity index (χ2v) is 4.17. The summed E-state index contributed by atoms with van der Waals surface area (Å²) in [5, 5.41) is 9.46. The number of carbonyl (C=O) groups excluding carboxylic acids is 1. The van der Waals surface area contributed by atoms with Crippen LogP contribution in [0.2, 0.25) is 0 Å². The molecule has 7 heteroatoms. The molecule has 2 rings (SSSR count). The number of rotatable bonds is 4. The zero-order valence-corrected chi connectivity index (χ0v) is 9.22. The Morgan fingerprint density at radius 2 is 2.25 bits per heavy atom. The number of nitrogens with one attached hydrogen (secondary N) is 1. The number of primary amides is 1. The molecular weight excluding hydrogens is 226 g/mol. The molecule has 0 saturated carbocycles. The van der Waals surface area contributed by atoms with E-state index in [4.69, 9.17) is 5.73 Å². The molecular formula is C9H11N5OS. The van der Waals surface area contributed by atoms with Gasteiger partial charge in [0.05, 0.1) is 11.4 Å². The Bertz CT molecular complexity index is 396. The van der Waals surface area contributed by atoms with E-state index in [1.54, 1.807) is 5.01 Å². The first-order valence-electron chi connectivity index (χ1n) is 4.67. The van der Waals surface area contributed by atoms with Crippen LogP contribution in [0.25, 0.3) is 0 Å². The number of benzene rings is 1. The Labute approximate surface area is 96.8 Å². The highest BCUT2D eigenvalue weighted by molar-refractivity contribution is 8.00. The van der Waals surface area contributed by atoms with Gasteiger partial charge in [-0.1, -0.05) is 23.4 Å². The lowest BCUT2D eigenvalue weighted by molar-refractivity contribution is -0.115. The maximum absolute atomic E-state index is 10.7. The third kappa shape index (κ3) is 2.43. The molecule has 1 aliphatic heterocycles. The molecule has 0 aromatic heterocycles. The van der Waals surface area contributed by atoms with E-state index < -0.39 is 0 Å². The molecule has 1 aromatic rings. The van der Waals surface area contributed by atoms with Crippen LogP contribution in [-0.4, -0.2) is 17.2 Å². The third-order valence-electron chi connectivity index (χ3n) is 1.94. The highest BCUT2D eigenvalue weighted by atomic mass is 32.2. The second-order valence-electron chi connectivity index (χ2n) is 3.12. The topological polar surface area (TPSA) is 83.1 Å². The van der Waals surface area contributed by atoms with E-state index in [9.17, 15) is 4.79 Å². The molecule has 1 aromatic carbocycles. The fourth-order valence-electron chi connectivity index (χ4n) is 1.26. The lowest BCUT2D eigenvalue weighted by Crippen LogP contribution is -2.36. The first kappa shape index (κ1) is 10.7. The van der Waals surface area contributed by atoms with Crippen molar-refractivity contribution in [1.29, 1.82) is 0 Å². The van der Waals surface area contributed by atoms with Gasteiger partial charge in [-0.05, 0) is 12.1 Å². The number of anilines is 1. The van der Waals surface area contributed by atoms with Gasteiger partial charge >= 0.3 is 0 Å². The van der Waals surface area contributed by atoms with Gasteiger partial charge in [-0.25, -0.2) is 5.01 Å². The van der Waals surface area contributed by atoms with Crippen molar-refractivity contribution in [2.45, 2.75) is 5.50 Å². The Hall–Kier alpha value is -1.76. The van der Waals surface area contributed by atoms with E-state index in [1.165, 1.54) is 11.8 Å². The minimum Gasteiger partial charge on any atom is -0.369 e. The molecule has 0 bridgehead atoms. The first-order valence-corrected chi connectivity index (χ1v) is 5.72. The van der Waals surface area contributed by atoms with Gasteiger partial charge in [0.1, 0.15) is 0 Å². The quantitative estimate of drug-likeness (QED) is 0.814. The number of carbonyl (C=O) groups is 1. The largest absolute Gasteiger partial charge is 0.369 e. The van der Waals surface area contributed by atoms with E-state index in [-0.39, 0.29) is 17.2 Å². The fourth-order valence-corrected chi connectivity index (χ4v) is 2.01. The number of nitrogens with zero attached hydrogens (tertiary/aromatic N) is 3. The molecule has 0 saturated heterocycles. The van der Waals surface area contributed by atoms with Crippen LogP contribution in [0.1, 0.15) is 0 Å². The van der Waals surface area contributed by atoms with E-state index in [1.807, 2.05) is 30.3 Å². The SMILES string of the molecule is NC(=O)CSC1N=NNN1c1ccccc1. The van der Waals surface area contributed by atoms with Crippen molar-refractivity contribution in [2.24, 2.45) is 16.1 Å². The highest BCUT2D eigenvalue weighted by Crippen LogP contribution is 2.25. The van der Waals surface area contributed by atoms with Crippen molar-refractivity contribution in [2.75, 3.05) is 10.8 Å². The van der Waals surface area contributed by atoms with E-state index in [0.717, 1.165) is 5.69 Å². The third-order valence-corrected chi connectivity index (χ3v) is 2.99. The zero-order valence-electron chi connectivity index (χ0n) is 8.41. The van der Waals surface area contributed by atoms with Crippen LogP contribution >= 0.6 is 11.8 Å². The lowest BCUT2D eigenvalue weighted by atomic mass is 10.3. The molecule has 1 aliphatic rings. The molecule has 0 fully saturated rings. The van der Waals surface area contributed by atoms with E-state index in [2.05, 4.69) is 15.9 Å². The second kappa shape index (κ2) is 4.84. The van der Waals surface area contributed by atoms with Crippen molar-refractivity contribution < 1.29 is 4.79 Å². The number of hydrogen-bond donors (Lipinski definition) is 2. The fraction of sp³-hybridized carbons (Fsp3) is 0.222.